The number of nitrogens with one attached hydrogen (secondary N) is 1. The number of nitrogens with zero attached hydrogens (tertiary/aromatic N) is 1. The van der Waals surface area contributed by atoms with Crippen molar-refractivity contribution in [3.05, 3.63) is 30.0 Å². The van der Waals surface area contributed by atoms with E-state index in [1.54, 1.807) is 10.7 Å². The highest BCUT2D eigenvalue weighted by Gasteiger charge is 2.14. The molecule has 1 aromatic carbocycles. The summed E-state index contributed by atoms with van der Waals surface area (Å²) in [6.07, 6.45) is 1.86. The van der Waals surface area contributed by atoms with E-state index < -0.39 is 0 Å². The van der Waals surface area contributed by atoms with E-state index in [-0.39, 0.29) is 5.97 Å². The van der Waals surface area contributed by atoms with Crippen molar-refractivity contribution in [1.29, 1.82) is 0 Å². The molecule has 2 rings (SSSR count). The summed E-state index contributed by atoms with van der Waals surface area (Å²) in [7, 11) is 3.26. The molecule has 1 N–H and O–H groups in total. The van der Waals surface area contributed by atoms with Crippen molar-refractivity contribution in [2.45, 2.75) is 0 Å². The van der Waals surface area contributed by atoms with Gasteiger partial charge in [0.1, 0.15) is 5.52 Å². The van der Waals surface area contributed by atoms with Crippen molar-refractivity contribution >= 4 is 16.9 Å². The lowest BCUT2D eigenvalue weighted by molar-refractivity contribution is -0.724. The fraction of sp³-hybridized carbons (Fsp3) is 0.200. The van der Waals surface area contributed by atoms with Crippen LogP contribution in [0, 0.1) is 0 Å². The molecule has 0 aliphatic carbocycles. The largest absolute Gasteiger partial charge is 0.465 e. The minimum atomic E-state index is -0.310. The van der Waals surface area contributed by atoms with Crippen LogP contribution in [0.5, 0.6) is 0 Å². The molecule has 1 aromatic heterocycles. The second-order valence-corrected chi connectivity index (χ2v) is 3.11. The molecule has 0 bridgehead atoms. The van der Waals surface area contributed by atoms with Gasteiger partial charge in [0, 0.05) is 0 Å². The van der Waals surface area contributed by atoms with Crippen LogP contribution in [0.2, 0.25) is 0 Å². The van der Waals surface area contributed by atoms with Crippen LogP contribution < -0.4 is 4.68 Å². The number of benzene rings is 1. The summed E-state index contributed by atoms with van der Waals surface area (Å²) in [5.74, 6) is -0.310. The molecule has 0 saturated carbocycles. The van der Waals surface area contributed by atoms with Crippen molar-refractivity contribution in [2.75, 3.05) is 7.11 Å². The number of hydrogen-bond donors (Lipinski definition) is 1. The van der Waals surface area contributed by atoms with Crippen LogP contribution in [0.1, 0.15) is 10.4 Å². The van der Waals surface area contributed by atoms with Crippen LogP contribution in [0.15, 0.2) is 24.4 Å². The molecule has 4 nitrogen and oxygen atoms in total. The van der Waals surface area contributed by atoms with Gasteiger partial charge in [-0.1, -0.05) is 6.07 Å². The zero-order valence-electron chi connectivity index (χ0n) is 8.07. The van der Waals surface area contributed by atoms with E-state index in [9.17, 15) is 4.79 Å². The summed E-state index contributed by atoms with van der Waals surface area (Å²) in [6.45, 7) is 0. The standard InChI is InChI=1S/C10H10N2O2/c1-12-6-8-7(10(13)14-2)4-3-5-9(8)11-12/h3-6H,1-2H3/p+1. The van der Waals surface area contributed by atoms with Crippen LogP contribution in [-0.2, 0) is 11.8 Å². The molecule has 0 atom stereocenters. The number of H-pyrrole nitrogens is 1. The van der Waals surface area contributed by atoms with Crippen LogP contribution in [-0.4, -0.2) is 18.2 Å². The van der Waals surface area contributed by atoms with Crippen molar-refractivity contribution in [1.82, 2.24) is 5.10 Å². The number of aryl methyl sites for hydroxylation is 1. The molecule has 0 radical (unpaired) electrons. The number of carbonyl (C=O) groups excluding carboxylic acids is 1. The van der Waals surface area contributed by atoms with Gasteiger partial charge in [0.15, 0.2) is 7.05 Å². The number of hydrogen-bond acceptors (Lipinski definition) is 2. The van der Waals surface area contributed by atoms with Gasteiger partial charge in [0.25, 0.3) is 0 Å². The zero-order valence-corrected chi connectivity index (χ0v) is 8.07. The number of carbonyl (C=O) groups is 1. The molecule has 0 aliphatic heterocycles. The van der Waals surface area contributed by atoms with Crippen molar-refractivity contribution in [3.8, 4) is 0 Å². The van der Waals surface area contributed by atoms with Gasteiger partial charge in [-0.2, -0.15) is 5.10 Å². The molecule has 0 fully saturated rings. The lowest BCUT2D eigenvalue weighted by atomic mass is 10.1. The molecule has 0 spiro atoms. The van der Waals surface area contributed by atoms with Gasteiger partial charge in [-0.25, -0.2) is 4.79 Å². The first kappa shape index (κ1) is 8.74. The molecule has 1 heterocycles. The number of esters is 1. The summed E-state index contributed by atoms with van der Waals surface area (Å²) < 4.78 is 6.49. The zero-order chi connectivity index (χ0) is 10.1. The second kappa shape index (κ2) is 3.14. The normalized spacial score (nSPS) is 10.4. The number of fused-ring (bicyclic) bond motifs is 1. The lowest BCUT2D eigenvalue weighted by Crippen LogP contribution is -2.27. The Morgan fingerprint density at radius 3 is 3.00 bits per heavy atom. The summed E-state index contributed by atoms with van der Waals surface area (Å²) >= 11 is 0. The number of aromatic nitrogens is 2. The SMILES string of the molecule is COC(=O)c1cccc2[nH][n+](C)cc12. The van der Waals surface area contributed by atoms with Gasteiger partial charge in [-0.15, -0.1) is 4.68 Å². The number of ether oxygens (including phenoxy) is 1. The van der Waals surface area contributed by atoms with Crippen LogP contribution in [0.4, 0.5) is 0 Å². The Morgan fingerprint density at radius 2 is 2.29 bits per heavy atom. The van der Waals surface area contributed by atoms with E-state index in [2.05, 4.69) is 5.10 Å². The van der Waals surface area contributed by atoms with E-state index >= 15 is 0 Å². The molecule has 0 unspecified atom stereocenters. The molecule has 0 saturated heterocycles. The highest BCUT2D eigenvalue weighted by molar-refractivity contribution is 6.02. The number of methoxy groups -OCH3 is 1. The highest BCUT2D eigenvalue weighted by atomic mass is 16.5. The molecule has 14 heavy (non-hydrogen) atoms. The monoisotopic (exact) mass is 191 g/mol. The van der Waals surface area contributed by atoms with Gasteiger partial charge in [-0.05, 0) is 12.1 Å². The van der Waals surface area contributed by atoms with E-state index in [1.165, 1.54) is 7.11 Å². The minimum Gasteiger partial charge on any atom is -0.465 e. The molecule has 0 amide bonds. The van der Waals surface area contributed by atoms with Crippen molar-refractivity contribution in [2.24, 2.45) is 7.05 Å². The molecule has 0 aliphatic rings. The molecule has 72 valence electrons. The molecule has 4 heteroatoms. The minimum absolute atomic E-state index is 0.310. The first-order chi connectivity index (χ1) is 6.72. The first-order valence-corrected chi connectivity index (χ1v) is 4.28. The lowest BCUT2D eigenvalue weighted by Gasteiger charge is -1.97. The Balaban J connectivity index is 2.70. The molecule has 2 aromatic rings. The Hall–Kier alpha value is -1.84. The van der Waals surface area contributed by atoms with Crippen LogP contribution in [0.3, 0.4) is 0 Å². The van der Waals surface area contributed by atoms with Gasteiger partial charge in [0.05, 0.1) is 18.1 Å². The van der Waals surface area contributed by atoms with E-state index in [4.69, 9.17) is 4.74 Å². The third kappa shape index (κ3) is 1.25. The Labute approximate surface area is 81.1 Å². The van der Waals surface area contributed by atoms with E-state index in [0.29, 0.717) is 5.56 Å². The van der Waals surface area contributed by atoms with Gasteiger partial charge in [0.2, 0.25) is 6.20 Å². The second-order valence-electron chi connectivity index (χ2n) is 3.11. The van der Waals surface area contributed by atoms with Crippen LogP contribution in [0.25, 0.3) is 10.9 Å². The summed E-state index contributed by atoms with van der Waals surface area (Å²) in [5, 5.41) is 3.96. The number of aromatic amines is 1. The Morgan fingerprint density at radius 1 is 1.50 bits per heavy atom. The maximum absolute atomic E-state index is 11.4. The highest BCUT2D eigenvalue weighted by Crippen LogP contribution is 2.15. The Kier molecular flexibility index (Phi) is 1.96. The summed E-state index contributed by atoms with van der Waals surface area (Å²) in [6, 6.07) is 5.49. The maximum atomic E-state index is 11.4. The van der Waals surface area contributed by atoms with Crippen molar-refractivity contribution < 1.29 is 14.2 Å². The topological polar surface area (TPSA) is 46.0 Å². The van der Waals surface area contributed by atoms with E-state index in [0.717, 1.165) is 10.9 Å². The molecular formula is C10H11N2O2+. The molecular weight excluding hydrogens is 180 g/mol. The van der Waals surface area contributed by atoms with Gasteiger partial charge < -0.3 is 4.74 Å². The maximum Gasteiger partial charge on any atom is 0.338 e. The van der Waals surface area contributed by atoms with E-state index in [1.807, 2.05) is 25.4 Å². The fourth-order valence-corrected chi connectivity index (χ4v) is 1.51. The van der Waals surface area contributed by atoms with Gasteiger partial charge >= 0.3 is 5.97 Å². The summed E-state index contributed by atoms with van der Waals surface area (Å²) in [4.78, 5) is 11.4. The Bertz CT molecular complexity index is 488. The average Bonchev–Trinajstić information content (AvgIpc) is 2.56. The number of rotatable bonds is 1. The van der Waals surface area contributed by atoms with Crippen LogP contribution >= 0.6 is 0 Å². The smallest absolute Gasteiger partial charge is 0.338 e. The predicted octanol–water partition coefficient (Wildman–Crippen LogP) is 0.779. The third-order valence-corrected chi connectivity index (χ3v) is 2.13. The summed E-state index contributed by atoms with van der Waals surface area (Å²) in [5.41, 5.74) is 1.51. The third-order valence-electron chi connectivity index (χ3n) is 2.13. The average molecular weight is 191 g/mol. The quantitative estimate of drug-likeness (QED) is 0.534. The van der Waals surface area contributed by atoms with Crippen molar-refractivity contribution in [3.63, 3.8) is 0 Å². The fourth-order valence-electron chi connectivity index (χ4n) is 1.51. The van der Waals surface area contributed by atoms with Gasteiger partial charge in [-0.3, -0.25) is 0 Å². The first-order valence-electron chi connectivity index (χ1n) is 4.28. The predicted molar refractivity (Wildman–Crippen MR) is 50.8 cm³/mol.